The number of hydrogen-bond donors (Lipinski definition) is 0. The van der Waals surface area contributed by atoms with Gasteiger partial charge in [-0.1, -0.05) is 30.3 Å². The molecule has 0 amide bonds. The van der Waals surface area contributed by atoms with Crippen LogP contribution in [-0.4, -0.2) is 18.6 Å². The number of benzene rings is 2. The molecule has 2 aromatic carbocycles. The first-order valence-electron chi connectivity index (χ1n) is 8.51. The van der Waals surface area contributed by atoms with Gasteiger partial charge in [-0.2, -0.15) is 0 Å². The minimum atomic E-state index is -0.477. The summed E-state index contributed by atoms with van der Waals surface area (Å²) in [7, 11) is 3.01. The highest BCUT2D eigenvalue weighted by molar-refractivity contribution is 5.95. The van der Waals surface area contributed by atoms with Gasteiger partial charge in [0.1, 0.15) is 0 Å². The second kappa shape index (κ2) is 6.34. The van der Waals surface area contributed by atoms with E-state index >= 15 is 0 Å². The largest absolute Gasteiger partial charge is 0.330 e. The molecular weight excluding hydrogens is 360 g/mol. The van der Waals surface area contributed by atoms with Gasteiger partial charge in [-0.3, -0.25) is 24.0 Å². The zero-order valence-corrected chi connectivity index (χ0v) is 15.2. The molecule has 2 heterocycles. The summed E-state index contributed by atoms with van der Waals surface area (Å²) in [5.41, 5.74) is 1.29. The molecule has 8 heteroatoms. The van der Waals surface area contributed by atoms with Crippen molar-refractivity contribution in [3.05, 3.63) is 91.7 Å². The number of fused-ring (bicyclic) bond motifs is 1. The Morgan fingerprint density at radius 1 is 0.929 bits per heavy atom. The number of nitro groups is 1. The summed E-state index contributed by atoms with van der Waals surface area (Å²) in [6, 6.07) is 15.4. The van der Waals surface area contributed by atoms with E-state index in [1.165, 1.54) is 23.7 Å². The predicted molar refractivity (Wildman–Crippen MR) is 106 cm³/mol. The number of rotatable bonds is 3. The van der Waals surface area contributed by atoms with Crippen molar-refractivity contribution in [3.63, 3.8) is 0 Å². The molecule has 0 saturated carbocycles. The summed E-state index contributed by atoms with van der Waals surface area (Å²) in [6.45, 7) is 0. The SMILES string of the molecule is Cn1c(=O)c2c(-c3cccc([N+](=O)[O-])c3)n(-c3ccccc3)cc2n(C)c1=O. The fourth-order valence-corrected chi connectivity index (χ4v) is 3.38. The van der Waals surface area contributed by atoms with Crippen LogP contribution < -0.4 is 11.2 Å². The lowest BCUT2D eigenvalue weighted by molar-refractivity contribution is -0.384. The predicted octanol–water partition coefficient (Wildman–Crippen LogP) is 2.60. The Morgan fingerprint density at radius 3 is 2.32 bits per heavy atom. The van der Waals surface area contributed by atoms with Crippen LogP contribution in [-0.2, 0) is 14.1 Å². The number of aryl methyl sites for hydroxylation is 1. The molecule has 0 spiro atoms. The number of nitro benzene ring substituents is 1. The van der Waals surface area contributed by atoms with Crippen LogP contribution in [0, 0.1) is 10.1 Å². The first kappa shape index (κ1) is 17.5. The number of para-hydroxylation sites is 1. The molecule has 0 unspecified atom stereocenters. The van der Waals surface area contributed by atoms with Crippen molar-refractivity contribution < 1.29 is 4.92 Å². The van der Waals surface area contributed by atoms with Crippen molar-refractivity contribution >= 4 is 16.6 Å². The Balaban J connectivity index is 2.20. The lowest BCUT2D eigenvalue weighted by Crippen LogP contribution is -2.36. The summed E-state index contributed by atoms with van der Waals surface area (Å²) in [4.78, 5) is 36.1. The summed E-state index contributed by atoms with van der Waals surface area (Å²) in [5, 5.41) is 11.6. The molecule has 0 radical (unpaired) electrons. The van der Waals surface area contributed by atoms with Gasteiger partial charge in [0, 0.05) is 43.7 Å². The minimum Gasteiger partial charge on any atom is -0.314 e. The third-order valence-electron chi connectivity index (χ3n) is 4.80. The fourth-order valence-electron chi connectivity index (χ4n) is 3.38. The van der Waals surface area contributed by atoms with Gasteiger partial charge in [-0.15, -0.1) is 0 Å². The van der Waals surface area contributed by atoms with Crippen molar-refractivity contribution in [2.24, 2.45) is 14.1 Å². The van der Waals surface area contributed by atoms with Gasteiger partial charge in [0.2, 0.25) is 0 Å². The van der Waals surface area contributed by atoms with Crippen molar-refractivity contribution in [3.8, 4) is 16.9 Å². The van der Waals surface area contributed by atoms with E-state index in [-0.39, 0.29) is 5.69 Å². The van der Waals surface area contributed by atoms with Crippen LogP contribution in [0.2, 0.25) is 0 Å². The molecular formula is C20H16N4O4. The van der Waals surface area contributed by atoms with Crippen LogP contribution in [0.25, 0.3) is 27.8 Å². The zero-order valence-electron chi connectivity index (χ0n) is 15.2. The van der Waals surface area contributed by atoms with Crippen molar-refractivity contribution in [2.45, 2.75) is 0 Å². The monoisotopic (exact) mass is 376 g/mol. The van der Waals surface area contributed by atoms with Crippen LogP contribution in [0.15, 0.2) is 70.4 Å². The van der Waals surface area contributed by atoms with Crippen molar-refractivity contribution in [1.82, 2.24) is 13.7 Å². The molecule has 4 aromatic rings. The summed E-state index contributed by atoms with van der Waals surface area (Å²) >= 11 is 0. The van der Waals surface area contributed by atoms with Crippen LogP contribution >= 0.6 is 0 Å². The highest BCUT2D eigenvalue weighted by atomic mass is 16.6. The molecule has 2 aromatic heterocycles. The Labute approximate surface area is 158 Å². The molecule has 0 N–H and O–H groups in total. The van der Waals surface area contributed by atoms with Gasteiger partial charge in [0.25, 0.3) is 11.2 Å². The fraction of sp³-hybridized carbons (Fsp3) is 0.100. The van der Waals surface area contributed by atoms with Crippen molar-refractivity contribution in [1.29, 1.82) is 0 Å². The van der Waals surface area contributed by atoms with Crippen LogP contribution in [0.1, 0.15) is 0 Å². The van der Waals surface area contributed by atoms with Gasteiger partial charge in [0.15, 0.2) is 0 Å². The second-order valence-corrected chi connectivity index (χ2v) is 6.46. The number of nitrogens with zero attached hydrogens (tertiary/aromatic N) is 4. The average Bonchev–Trinajstić information content (AvgIpc) is 3.12. The third kappa shape index (κ3) is 2.54. The summed E-state index contributed by atoms with van der Waals surface area (Å²) in [5.74, 6) is 0. The molecule has 0 saturated heterocycles. The number of hydrogen-bond acceptors (Lipinski definition) is 4. The first-order valence-corrected chi connectivity index (χ1v) is 8.51. The smallest absolute Gasteiger partial charge is 0.314 e. The Kier molecular flexibility index (Phi) is 3.96. The lowest BCUT2D eigenvalue weighted by atomic mass is 10.1. The van der Waals surface area contributed by atoms with E-state index in [4.69, 9.17) is 0 Å². The van der Waals surface area contributed by atoms with Crippen LogP contribution in [0.5, 0.6) is 0 Å². The quantitative estimate of drug-likeness (QED) is 0.406. The van der Waals surface area contributed by atoms with Gasteiger partial charge in [-0.25, -0.2) is 4.79 Å². The topological polar surface area (TPSA) is 92.1 Å². The van der Waals surface area contributed by atoms with Crippen LogP contribution in [0.3, 0.4) is 0 Å². The molecule has 0 aliphatic carbocycles. The molecule has 140 valence electrons. The summed E-state index contributed by atoms with van der Waals surface area (Å²) in [6.07, 6.45) is 1.71. The molecule has 0 aliphatic rings. The van der Waals surface area contributed by atoms with E-state index in [9.17, 15) is 19.7 Å². The first-order chi connectivity index (χ1) is 13.4. The average molecular weight is 376 g/mol. The molecule has 0 bridgehead atoms. The molecule has 28 heavy (non-hydrogen) atoms. The standard InChI is InChI=1S/C20H16N4O4/c1-21-16-12-23(14-8-4-3-5-9-14)18(17(16)19(25)22(2)20(21)26)13-7-6-10-15(11-13)24(27)28/h3-12H,1-2H3. The van der Waals surface area contributed by atoms with Gasteiger partial charge in [-0.05, 0) is 12.1 Å². The van der Waals surface area contributed by atoms with E-state index < -0.39 is 16.2 Å². The normalized spacial score (nSPS) is 11.1. The minimum absolute atomic E-state index is 0.0758. The molecule has 8 nitrogen and oxygen atoms in total. The number of non-ortho nitro benzene ring substituents is 1. The van der Waals surface area contributed by atoms with E-state index in [0.717, 1.165) is 10.3 Å². The Bertz CT molecular complexity index is 1350. The maximum absolute atomic E-state index is 13.0. The van der Waals surface area contributed by atoms with E-state index in [1.54, 1.807) is 29.9 Å². The second-order valence-electron chi connectivity index (χ2n) is 6.46. The van der Waals surface area contributed by atoms with Gasteiger partial charge in [0.05, 0.1) is 21.5 Å². The number of aromatic nitrogens is 3. The third-order valence-corrected chi connectivity index (χ3v) is 4.80. The van der Waals surface area contributed by atoms with Crippen molar-refractivity contribution in [2.75, 3.05) is 0 Å². The highest BCUT2D eigenvalue weighted by Gasteiger charge is 2.21. The molecule has 0 atom stereocenters. The zero-order chi connectivity index (χ0) is 20.0. The Morgan fingerprint density at radius 2 is 1.64 bits per heavy atom. The van der Waals surface area contributed by atoms with Gasteiger partial charge >= 0.3 is 5.69 Å². The van der Waals surface area contributed by atoms with E-state index in [1.807, 2.05) is 30.3 Å². The summed E-state index contributed by atoms with van der Waals surface area (Å²) < 4.78 is 4.22. The van der Waals surface area contributed by atoms with E-state index in [2.05, 4.69) is 0 Å². The molecule has 4 rings (SSSR count). The van der Waals surface area contributed by atoms with Crippen LogP contribution in [0.4, 0.5) is 5.69 Å². The molecule has 0 fully saturated rings. The maximum atomic E-state index is 13.0. The highest BCUT2D eigenvalue weighted by Crippen LogP contribution is 2.32. The van der Waals surface area contributed by atoms with Gasteiger partial charge < -0.3 is 4.57 Å². The molecule has 0 aliphatic heterocycles. The maximum Gasteiger partial charge on any atom is 0.330 e. The van der Waals surface area contributed by atoms with E-state index in [0.29, 0.717) is 22.2 Å². The lowest BCUT2D eigenvalue weighted by Gasteiger charge is -2.10. The Hall–Kier alpha value is -3.94.